The van der Waals surface area contributed by atoms with Crippen molar-refractivity contribution in [2.24, 2.45) is 0 Å². The van der Waals surface area contributed by atoms with Crippen LogP contribution in [0.25, 0.3) is 0 Å². The number of hydrogen-bond donors (Lipinski definition) is 2. The van der Waals surface area contributed by atoms with Crippen LogP contribution >= 0.6 is 0 Å². The molecule has 1 heterocycles. The lowest BCUT2D eigenvalue weighted by atomic mass is 10.1. The molecule has 10 nitrogen and oxygen atoms in total. The third-order valence-corrected chi connectivity index (χ3v) is 5.46. The first-order valence-electron chi connectivity index (χ1n) is 11.2. The lowest BCUT2D eigenvalue weighted by Crippen LogP contribution is -2.45. The van der Waals surface area contributed by atoms with Gasteiger partial charge >= 0.3 is 11.9 Å². The molecule has 2 N–H and O–H groups in total. The molecule has 0 bridgehead atoms. The van der Waals surface area contributed by atoms with Gasteiger partial charge in [0.05, 0.1) is 27.9 Å². The van der Waals surface area contributed by atoms with E-state index in [-0.39, 0.29) is 0 Å². The second kappa shape index (κ2) is 14.0. The predicted molar refractivity (Wildman–Crippen MR) is 130 cm³/mol. The number of rotatable bonds is 9. The van der Waals surface area contributed by atoms with E-state index in [1.54, 1.807) is 21.3 Å². The summed E-state index contributed by atoms with van der Waals surface area (Å²) >= 11 is 0. The normalized spacial score (nSPS) is 13.8. The lowest BCUT2D eigenvalue weighted by Gasteiger charge is -2.35. The second-order valence-electron chi connectivity index (χ2n) is 7.73. The minimum Gasteiger partial charge on any atom is -0.493 e. The van der Waals surface area contributed by atoms with Gasteiger partial charge in [-0.2, -0.15) is 0 Å². The van der Waals surface area contributed by atoms with E-state index in [9.17, 15) is 0 Å². The number of nitrogens with zero attached hydrogens (tertiary/aromatic N) is 2. The van der Waals surface area contributed by atoms with Gasteiger partial charge in [0.15, 0.2) is 23.0 Å². The van der Waals surface area contributed by atoms with Crippen molar-refractivity contribution in [1.29, 1.82) is 0 Å². The zero-order chi connectivity index (χ0) is 25.8. The summed E-state index contributed by atoms with van der Waals surface area (Å²) in [5, 5.41) is 14.8. The van der Waals surface area contributed by atoms with Gasteiger partial charge in [0, 0.05) is 44.8 Å². The monoisotopic (exact) mass is 490 g/mol. The van der Waals surface area contributed by atoms with Crippen LogP contribution in [0.5, 0.6) is 23.0 Å². The van der Waals surface area contributed by atoms with E-state index in [0.717, 1.165) is 67.8 Å². The quantitative estimate of drug-likeness (QED) is 0.508. The third-order valence-electron chi connectivity index (χ3n) is 5.46. The Kier molecular flexibility index (Phi) is 11.1. The van der Waals surface area contributed by atoms with E-state index in [1.807, 2.05) is 25.1 Å². The fraction of sp³-hybridized carbons (Fsp3) is 0.440. The number of carboxylic acids is 2. The first-order chi connectivity index (χ1) is 16.8. The topological polar surface area (TPSA) is 118 Å². The van der Waals surface area contributed by atoms with Crippen molar-refractivity contribution in [3.05, 3.63) is 47.5 Å². The van der Waals surface area contributed by atoms with E-state index in [4.69, 9.17) is 38.7 Å². The molecule has 0 amide bonds. The van der Waals surface area contributed by atoms with E-state index in [2.05, 4.69) is 28.0 Å². The van der Waals surface area contributed by atoms with Crippen LogP contribution in [0.4, 0.5) is 0 Å². The fourth-order valence-electron chi connectivity index (χ4n) is 3.77. The zero-order valence-electron chi connectivity index (χ0n) is 20.7. The van der Waals surface area contributed by atoms with Crippen LogP contribution in [0, 0.1) is 0 Å². The zero-order valence-corrected chi connectivity index (χ0v) is 20.7. The van der Waals surface area contributed by atoms with Crippen LogP contribution < -0.4 is 18.9 Å². The Bertz CT molecular complexity index is 962. The SMILES string of the molecule is CCOc1cc(CN2CCN(Cc3cccc(OC)c3OC)CC2)ccc1OC.O=C(O)C(=O)O. The minimum absolute atomic E-state index is 0.631. The maximum atomic E-state index is 9.10. The highest BCUT2D eigenvalue weighted by atomic mass is 16.5. The summed E-state index contributed by atoms with van der Waals surface area (Å²) in [6, 6.07) is 12.3. The molecule has 0 atom stereocenters. The van der Waals surface area contributed by atoms with Crippen LogP contribution in [-0.2, 0) is 22.7 Å². The highest BCUT2D eigenvalue weighted by Crippen LogP contribution is 2.32. The summed E-state index contributed by atoms with van der Waals surface area (Å²) in [5.74, 6) is -0.429. The summed E-state index contributed by atoms with van der Waals surface area (Å²) in [4.78, 5) is 23.1. The molecule has 0 aromatic heterocycles. The maximum Gasteiger partial charge on any atom is 0.414 e. The largest absolute Gasteiger partial charge is 0.493 e. The van der Waals surface area contributed by atoms with Gasteiger partial charge < -0.3 is 29.2 Å². The Morgan fingerprint density at radius 1 is 0.800 bits per heavy atom. The summed E-state index contributed by atoms with van der Waals surface area (Å²) in [5.41, 5.74) is 2.41. The molecule has 1 aliphatic heterocycles. The smallest absolute Gasteiger partial charge is 0.414 e. The molecular weight excluding hydrogens is 456 g/mol. The predicted octanol–water partition coefficient (Wildman–Crippen LogP) is 2.58. The molecule has 0 aliphatic carbocycles. The molecule has 2 aromatic rings. The number of hydrogen-bond acceptors (Lipinski definition) is 8. The van der Waals surface area contributed by atoms with Crippen molar-refractivity contribution < 1.29 is 38.7 Å². The van der Waals surface area contributed by atoms with Crippen molar-refractivity contribution >= 4 is 11.9 Å². The Labute approximate surface area is 205 Å². The van der Waals surface area contributed by atoms with Crippen LogP contribution in [0.15, 0.2) is 36.4 Å². The van der Waals surface area contributed by atoms with Gasteiger partial charge in [-0.25, -0.2) is 9.59 Å². The highest BCUT2D eigenvalue weighted by molar-refractivity contribution is 6.27. The summed E-state index contributed by atoms with van der Waals surface area (Å²) in [7, 11) is 5.05. The summed E-state index contributed by atoms with van der Waals surface area (Å²) in [6.45, 7) is 8.51. The van der Waals surface area contributed by atoms with Gasteiger partial charge in [-0.3, -0.25) is 9.80 Å². The van der Waals surface area contributed by atoms with Gasteiger partial charge in [0.2, 0.25) is 0 Å². The first-order valence-corrected chi connectivity index (χ1v) is 11.2. The highest BCUT2D eigenvalue weighted by Gasteiger charge is 2.20. The molecule has 3 rings (SSSR count). The van der Waals surface area contributed by atoms with E-state index >= 15 is 0 Å². The molecule has 0 spiro atoms. The van der Waals surface area contributed by atoms with Crippen molar-refractivity contribution in [3.8, 4) is 23.0 Å². The molecule has 1 aliphatic rings. The fourth-order valence-corrected chi connectivity index (χ4v) is 3.77. The molecule has 2 aromatic carbocycles. The Hall–Kier alpha value is -3.50. The average Bonchev–Trinajstić information content (AvgIpc) is 2.85. The van der Waals surface area contributed by atoms with Crippen molar-refractivity contribution in [2.75, 3.05) is 54.1 Å². The molecule has 10 heteroatoms. The van der Waals surface area contributed by atoms with Crippen LogP contribution in [-0.4, -0.2) is 86.1 Å². The molecular formula is C25H34N2O8. The summed E-state index contributed by atoms with van der Waals surface area (Å²) in [6.07, 6.45) is 0. The number of ether oxygens (including phenoxy) is 4. The Balaban J connectivity index is 0.000000641. The number of aliphatic carboxylic acids is 2. The van der Waals surface area contributed by atoms with E-state index in [1.165, 1.54) is 5.56 Å². The number of carboxylic acid groups (broad SMARTS) is 2. The maximum absolute atomic E-state index is 9.10. The average molecular weight is 491 g/mol. The molecule has 192 valence electrons. The van der Waals surface area contributed by atoms with Crippen LogP contribution in [0.1, 0.15) is 18.1 Å². The van der Waals surface area contributed by atoms with Gasteiger partial charge in [0.25, 0.3) is 0 Å². The second-order valence-corrected chi connectivity index (χ2v) is 7.73. The van der Waals surface area contributed by atoms with Gasteiger partial charge in [-0.1, -0.05) is 18.2 Å². The molecule has 0 saturated carbocycles. The van der Waals surface area contributed by atoms with E-state index in [0.29, 0.717) is 6.61 Å². The van der Waals surface area contributed by atoms with Gasteiger partial charge in [-0.05, 0) is 30.7 Å². The first kappa shape index (κ1) is 27.7. The molecule has 0 unspecified atom stereocenters. The van der Waals surface area contributed by atoms with Crippen molar-refractivity contribution in [3.63, 3.8) is 0 Å². The van der Waals surface area contributed by atoms with Crippen molar-refractivity contribution in [1.82, 2.24) is 9.80 Å². The third kappa shape index (κ3) is 8.34. The number of methoxy groups -OCH3 is 3. The lowest BCUT2D eigenvalue weighted by molar-refractivity contribution is -0.159. The van der Waals surface area contributed by atoms with Crippen LogP contribution in [0.3, 0.4) is 0 Å². The Morgan fingerprint density at radius 3 is 1.91 bits per heavy atom. The van der Waals surface area contributed by atoms with Crippen LogP contribution in [0.2, 0.25) is 0 Å². The minimum atomic E-state index is -1.82. The number of piperazine rings is 1. The number of para-hydroxylation sites is 1. The summed E-state index contributed by atoms with van der Waals surface area (Å²) < 4.78 is 22.1. The molecule has 0 radical (unpaired) electrons. The molecule has 1 fully saturated rings. The van der Waals surface area contributed by atoms with Crippen molar-refractivity contribution in [2.45, 2.75) is 20.0 Å². The molecule has 1 saturated heterocycles. The molecule has 35 heavy (non-hydrogen) atoms. The van der Waals surface area contributed by atoms with Gasteiger partial charge in [0.1, 0.15) is 0 Å². The van der Waals surface area contributed by atoms with E-state index < -0.39 is 11.9 Å². The number of benzene rings is 2. The standard InChI is InChI=1S/C23H32N2O4.C2H2O4/c1-5-29-22-15-18(9-10-20(22)26-2)16-24-11-13-25(14-12-24)17-19-7-6-8-21(27-3)23(19)28-4;3-1(4)2(5)6/h6-10,15H,5,11-14,16-17H2,1-4H3;(H,3,4)(H,5,6). The Morgan fingerprint density at radius 2 is 1.40 bits per heavy atom. The van der Waals surface area contributed by atoms with Gasteiger partial charge in [-0.15, -0.1) is 0 Å². The number of carbonyl (C=O) groups is 2.